The zero-order valence-corrected chi connectivity index (χ0v) is 20.1. The summed E-state index contributed by atoms with van der Waals surface area (Å²) in [7, 11) is 0. The van der Waals surface area contributed by atoms with Gasteiger partial charge in [-0.2, -0.15) is 0 Å². The Labute approximate surface area is 209 Å². The molecule has 3 unspecified atom stereocenters. The molecule has 2 amide bonds. The van der Waals surface area contributed by atoms with Crippen LogP contribution in [-0.2, 0) is 16.2 Å². The number of nitrogens with one attached hydrogen (secondary N) is 1. The maximum atomic E-state index is 13.8. The van der Waals surface area contributed by atoms with Gasteiger partial charge in [-0.1, -0.05) is 89.8 Å². The predicted octanol–water partition coefficient (Wildman–Crippen LogP) is 4.81. The van der Waals surface area contributed by atoms with E-state index in [9.17, 15) is 14.4 Å². The lowest BCUT2D eigenvalue weighted by Gasteiger charge is -2.30. The highest BCUT2D eigenvalue weighted by Crippen LogP contribution is 2.54. The molecule has 1 saturated heterocycles. The number of hydrogen-bond acceptors (Lipinski definition) is 6. The molecular formula is C27H20N2O4S2. The summed E-state index contributed by atoms with van der Waals surface area (Å²) in [6, 6.07) is 26.4. The molecule has 3 atom stereocenters. The highest BCUT2D eigenvalue weighted by Gasteiger charge is 2.56. The molecule has 6 nitrogen and oxygen atoms in total. The number of para-hydroxylation sites is 2. The van der Waals surface area contributed by atoms with E-state index >= 15 is 0 Å². The van der Waals surface area contributed by atoms with Crippen molar-refractivity contribution in [2.45, 2.75) is 22.8 Å². The van der Waals surface area contributed by atoms with Crippen LogP contribution in [0.3, 0.4) is 0 Å². The molecule has 3 heterocycles. The fraction of sp³-hybridized carbons (Fsp3) is 0.148. The number of thioether (sulfide) groups is 1. The van der Waals surface area contributed by atoms with Crippen LogP contribution in [-0.4, -0.2) is 22.0 Å². The molecule has 0 spiro atoms. The molecule has 6 rings (SSSR count). The van der Waals surface area contributed by atoms with E-state index < -0.39 is 17.1 Å². The van der Waals surface area contributed by atoms with E-state index in [1.165, 1.54) is 16.7 Å². The van der Waals surface area contributed by atoms with E-state index in [2.05, 4.69) is 4.98 Å². The number of nitrogens with zero attached hydrogens (tertiary/aromatic N) is 1. The van der Waals surface area contributed by atoms with Crippen molar-refractivity contribution in [1.82, 2.24) is 4.98 Å². The number of thiazole rings is 1. The van der Waals surface area contributed by atoms with Crippen LogP contribution in [0.2, 0.25) is 0 Å². The highest BCUT2D eigenvalue weighted by atomic mass is 32.2. The average molecular weight is 501 g/mol. The molecule has 0 bridgehead atoms. The van der Waals surface area contributed by atoms with Crippen molar-refractivity contribution in [3.8, 4) is 5.75 Å². The normalized spacial score (nSPS) is 21.0. The van der Waals surface area contributed by atoms with Gasteiger partial charge in [-0.25, -0.2) is 4.90 Å². The lowest BCUT2D eigenvalue weighted by Crippen LogP contribution is -2.32. The van der Waals surface area contributed by atoms with Gasteiger partial charge in [0, 0.05) is 16.4 Å². The van der Waals surface area contributed by atoms with Gasteiger partial charge in [-0.05, 0) is 23.8 Å². The Morgan fingerprint density at radius 3 is 2.29 bits per heavy atom. The molecule has 35 heavy (non-hydrogen) atoms. The maximum absolute atomic E-state index is 13.8. The number of imide groups is 1. The number of carbonyl (C=O) groups excluding carboxylic acids is 2. The number of aromatic amines is 1. The molecule has 2 aliphatic heterocycles. The first-order valence-electron chi connectivity index (χ1n) is 11.2. The van der Waals surface area contributed by atoms with Crippen LogP contribution in [0.1, 0.15) is 21.9 Å². The number of aromatic nitrogens is 1. The van der Waals surface area contributed by atoms with Crippen LogP contribution in [0.4, 0.5) is 5.69 Å². The first kappa shape index (κ1) is 21.9. The minimum Gasteiger partial charge on any atom is -0.489 e. The monoisotopic (exact) mass is 500 g/mol. The molecule has 0 radical (unpaired) electrons. The van der Waals surface area contributed by atoms with Crippen molar-refractivity contribution in [3.63, 3.8) is 0 Å². The smallest absolute Gasteiger partial charge is 0.305 e. The third-order valence-electron chi connectivity index (χ3n) is 6.33. The van der Waals surface area contributed by atoms with E-state index in [1.807, 2.05) is 72.8 Å². The average Bonchev–Trinajstić information content (AvgIpc) is 3.38. The fourth-order valence-electron chi connectivity index (χ4n) is 4.79. The SMILES string of the molecule is O=C1C2Sc3[nH]c(=O)sc3C(c3ccccc3OCc3ccccc3)C2C(=O)N1c1ccccc1. The van der Waals surface area contributed by atoms with Gasteiger partial charge in [0.1, 0.15) is 17.6 Å². The first-order chi connectivity index (χ1) is 17.1. The molecule has 1 fully saturated rings. The van der Waals surface area contributed by atoms with Crippen molar-refractivity contribution in [2.24, 2.45) is 5.92 Å². The number of carbonyl (C=O) groups is 2. The van der Waals surface area contributed by atoms with Gasteiger partial charge in [-0.15, -0.1) is 0 Å². The minimum absolute atomic E-state index is 0.199. The molecule has 1 aromatic heterocycles. The van der Waals surface area contributed by atoms with Gasteiger partial charge in [-0.3, -0.25) is 14.4 Å². The van der Waals surface area contributed by atoms with Gasteiger partial charge in [0.05, 0.1) is 16.6 Å². The van der Waals surface area contributed by atoms with Crippen LogP contribution in [0.5, 0.6) is 5.75 Å². The van der Waals surface area contributed by atoms with E-state index in [0.29, 0.717) is 23.1 Å². The Morgan fingerprint density at radius 1 is 0.829 bits per heavy atom. The number of ether oxygens (including phenoxy) is 1. The van der Waals surface area contributed by atoms with E-state index in [-0.39, 0.29) is 16.7 Å². The molecule has 3 aromatic carbocycles. The van der Waals surface area contributed by atoms with Gasteiger partial charge in [0.25, 0.3) is 0 Å². The second kappa shape index (κ2) is 8.87. The number of benzene rings is 3. The number of anilines is 1. The number of fused-ring (bicyclic) bond motifs is 2. The Bertz CT molecular complexity index is 1470. The number of hydrogen-bond donors (Lipinski definition) is 1. The van der Waals surface area contributed by atoms with Crippen LogP contribution < -0.4 is 14.5 Å². The summed E-state index contributed by atoms with van der Waals surface area (Å²) in [5, 5.41) is 0.0211. The Kier molecular flexibility index (Phi) is 5.54. The zero-order chi connectivity index (χ0) is 23.9. The van der Waals surface area contributed by atoms with Gasteiger partial charge >= 0.3 is 4.87 Å². The second-order valence-corrected chi connectivity index (χ2v) is 10.6. The highest BCUT2D eigenvalue weighted by molar-refractivity contribution is 8.00. The third-order valence-corrected chi connectivity index (χ3v) is 8.73. The Balaban J connectivity index is 1.44. The van der Waals surface area contributed by atoms with E-state index in [4.69, 9.17) is 4.74 Å². The summed E-state index contributed by atoms with van der Waals surface area (Å²) >= 11 is 2.37. The number of H-pyrrole nitrogens is 1. The van der Waals surface area contributed by atoms with Gasteiger partial charge < -0.3 is 9.72 Å². The maximum Gasteiger partial charge on any atom is 0.305 e. The van der Waals surface area contributed by atoms with Gasteiger partial charge in [0.2, 0.25) is 11.8 Å². The van der Waals surface area contributed by atoms with Gasteiger partial charge in [0.15, 0.2) is 0 Å². The molecule has 4 aromatic rings. The first-order valence-corrected chi connectivity index (χ1v) is 12.9. The topological polar surface area (TPSA) is 79.5 Å². The minimum atomic E-state index is -0.645. The lowest BCUT2D eigenvalue weighted by molar-refractivity contribution is -0.122. The molecule has 0 saturated carbocycles. The number of rotatable bonds is 5. The summed E-state index contributed by atoms with van der Waals surface area (Å²) in [6.07, 6.45) is 0. The summed E-state index contributed by atoms with van der Waals surface area (Å²) in [5.74, 6) is -1.00. The summed E-state index contributed by atoms with van der Waals surface area (Å²) in [5.41, 5.74) is 2.38. The van der Waals surface area contributed by atoms with Crippen LogP contribution in [0.15, 0.2) is 94.7 Å². The molecule has 0 aliphatic carbocycles. The van der Waals surface area contributed by atoms with Crippen molar-refractivity contribution < 1.29 is 14.3 Å². The molecule has 2 aliphatic rings. The van der Waals surface area contributed by atoms with Crippen LogP contribution in [0, 0.1) is 5.92 Å². The van der Waals surface area contributed by atoms with Crippen molar-refractivity contribution >= 4 is 40.6 Å². The summed E-state index contributed by atoms with van der Waals surface area (Å²) in [6.45, 7) is 0.368. The number of amides is 2. The second-order valence-electron chi connectivity index (χ2n) is 8.41. The molecule has 174 valence electrons. The van der Waals surface area contributed by atoms with Crippen molar-refractivity contribution in [2.75, 3.05) is 4.90 Å². The third kappa shape index (κ3) is 3.79. The standard InChI is InChI=1S/C27H20N2O4S2/c30-25-21-20(18-13-7-8-14-19(18)33-15-16-9-3-1-4-10-16)22-24(28-27(32)35-22)34-23(21)26(31)29(25)17-11-5-2-6-12-17/h1-14,20-21,23H,15H2,(H,28,32). The molecule has 8 heteroatoms. The quantitative estimate of drug-likeness (QED) is 0.398. The summed E-state index contributed by atoms with van der Waals surface area (Å²) in [4.78, 5) is 44.4. The lowest BCUT2D eigenvalue weighted by atomic mass is 9.82. The fourth-order valence-corrected chi connectivity index (χ4v) is 7.29. The molecule has 1 N–H and O–H groups in total. The van der Waals surface area contributed by atoms with E-state index in [1.54, 1.807) is 12.1 Å². The van der Waals surface area contributed by atoms with Crippen LogP contribution >= 0.6 is 23.1 Å². The van der Waals surface area contributed by atoms with Crippen LogP contribution in [0.25, 0.3) is 0 Å². The Morgan fingerprint density at radius 2 is 1.51 bits per heavy atom. The summed E-state index contributed by atoms with van der Waals surface area (Å²) < 4.78 is 6.22. The largest absolute Gasteiger partial charge is 0.489 e. The Hall–Kier alpha value is -3.62. The van der Waals surface area contributed by atoms with Crippen molar-refractivity contribution in [3.05, 3.63) is 111 Å². The van der Waals surface area contributed by atoms with Crippen molar-refractivity contribution in [1.29, 1.82) is 0 Å². The van der Waals surface area contributed by atoms with E-state index in [0.717, 1.165) is 27.3 Å². The zero-order valence-electron chi connectivity index (χ0n) is 18.4. The molecular weight excluding hydrogens is 480 g/mol. The predicted molar refractivity (Wildman–Crippen MR) is 136 cm³/mol.